The summed E-state index contributed by atoms with van der Waals surface area (Å²) in [4.78, 5) is 0. The van der Waals surface area contributed by atoms with E-state index in [9.17, 15) is 0 Å². The van der Waals surface area contributed by atoms with E-state index >= 15 is 0 Å². The number of methoxy groups -OCH3 is 1. The van der Waals surface area contributed by atoms with Crippen LogP contribution >= 0.6 is 43.5 Å². The van der Waals surface area contributed by atoms with Gasteiger partial charge in [-0.1, -0.05) is 44.0 Å². The smallest absolute Gasteiger partial charge is 0.118 e. The number of rotatable bonds is 4. The second kappa shape index (κ2) is 6.78. The molecule has 19 heavy (non-hydrogen) atoms. The summed E-state index contributed by atoms with van der Waals surface area (Å²) in [6.45, 7) is 0. The van der Waals surface area contributed by atoms with E-state index in [2.05, 4.69) is 31.9 Å². The molecule has 2 aromatic carbocycles. The van der Waals surface area contributed by atoms with Gasteiger partial charge in [0, 0.05) is 8.95 Å². The normalized spacial score (nSPS) is 12.2. The Morgan fingerprint density at radius 1 is 1.11 bits per heavy atom. The summed E-state index contributed by atoms with van der Waals surface area (Å²) in [6, 6.07) is 14.0. The first kappa shape index (κ1) is 14.9. The van der Waals surface area contributed by atoms with Gasteiger partial charge in [0.1, 0.15) is 5.75 Å². The molecule has 0 radical (unpaired) electrons. The van der Waals surface area contributed by atoms with Crippen LogP contribution in [0.15, 0.2) is 51.4 Å². The van der Waals surface area contributed by atoms with Gasteiger partial charge in [-0.3, -0.25) is 0 Å². The van der Waals surface area contributed by atoms with E-state index in [1.54, 1.807) is 7.11 Å². The van der Waals surface area contributed by atoms with E-state index in [1.165, 1.54) is 5.56 Å². The zero-order chi connectivity index (χ0) is 13.8. The van der Waals surface area contributed by atoms with Gasteiger partial charge in [-0.05, 0) is 47.9 Å². The molecule has 0 N–H and O–H groups in total. The van der Waals surface area contributed by atoms with Crippen molar-refractivity contribution in [3.8, 4) is 5.75 Å². The minimum absolute atomic E-state index is 0.0692. The van der Waals surface area contributed by atoms with Gasteiger partial charge < -0.3 is 4.74 Å². The number of hydrogen-bond donors (Lipinski definition) is 0. The fraction of sp³-hybridized carbons (Fsp3) is 0.200. The van der Waals surface area contributed by atoms with Crippen molar-refractivity contribution in [2.45, 2.75) is 11.8 Å². The Hall–Kier alpha value is -0.510. The molecule has 0 saturated carbocycles. The van der Waals surface area contributed by atoms with E-state index in [0.717, 1.165) is 26.7 Å². The van der Waals surface area contributed by atoms with Crippen molar-refractivity contribution >= 4 is 43.5 Å². The molecule has 0 heterocycles. The first-order valence-electron chi connectivity index (χ1n) is 5.82. The molecule has 0 fully saturated rings. The lowest BCUT2D eigenvalue weighted by atomic mass is 10.0. The van der Waals surface area contributed by atoms with E-state index in [-0.39, 0.29) is 5.38 Å². The minimum Gasteiger partial charge on any atom is -0.497 e. The molecule has 0 aliphatic carbocycles. The molecule has 0 bridgehead atoms. The minimum atomic E-state index is -0.0692. The summed E-state index contributed by atoms with van der Waals surface area (Å²) in [5.41, 5.74) is 2.28. The largest absolute Gasteiger partial charge is 0.497 e. The van der Waals surface area contributed by atoms with Crippen molar-refractivity contribution in [2.24, 2.45) is 0 Å². The van der Waals surface area contributed by atoms with Gasteiger partial charge in [0.25, 0.3) is 0 Å². The summed E-state index contributed by atoms with van der Waals surface area (Å²) in [5.74, 6) is 0.860. The summed E-state index contributed by atoms with van der Waals surface area (Å²) in [7, 11) is 1.66. The summed E-state index contributed by atoms with van der Waals surface area (Å²) in [6.07, 6.45) is 0.778. The number of ether oxygens (including phenoxy) is 1. The lowest BCUT2D eigenvalue weighted by molar-refractivity contribution is 0.414. The molecule has 0 saturated heterocycles. The Labute approximate surface area is 135 Å². The average molecular weight is 405 g/mol. The molecule has 2 aromatic rings. The zero-order valence-electron chi connectivity index (χ0n) is 10.4. The monoisotopic (exact) mass is 402 g/mol. The highest BCUT2D eigenvalue weighted by atomic mass is 79.9. The standard InChI is InChI=1S/C15H13Br2ClO/c1-19-12-5-2-10(3-6-12)8-15(18)13-9-11(16)4-7-14(13)17/h2-7,9,15H,8H2,1H3. The maximum Gasteiger partial charge on any atom is 0.118 e. The van der Waals surface area contributed by atoms with Gasteiger partial charge in [-0.15, -0.1) is 11.6 Å². The van der Waals surface area contributed by atoms with E-state index in [0.29, 0.717) is 0 Å². The maximum atomic E-state index is 6.51. The molecule has 0 amide bonds. The van der Waals surface area contributed by atoms with Crippen LogP contribution < -0.4 is 4.74 Å². The third-order valence-corrected chi connectivity index (χ3v) is 4.47. The Morgan fingerprint density at radius 3 is 2.42 bits per heavy atom. The second-order valence-electron chi connectivity index (χ2n) is 4.19. The van der Waals surface area contributed by atoms with Crippen LogP contribution in [-0.4, -0.2) is 7.11 Å². The maximum absolute atomic E-state index is 6.51. The second-order valence-corrected chi connectivity index (χ2v) is 6.48. The Bertz CT molecular complexity index is 555. The third kappa shape index (κ3) is 3.98. The highest BCUT2D eigenvalue weighted by Crippen LogP contribution is 2.33. The molecule has 0 aromatic heterocycles. The Balaban J connectivity index is 2.15. The first-order chi connectivity index (χ1) is 9.10. The van der Waals surface area contributed by atoms with E-state index in [4.69, 9.17) is 16.3 Å². The lowest BCUT2D eigenvalue weighted by Crippen LogP contribution is -1.97. The van der Waals surface area contributed by atoms with Gasteiger partial charge in [-0.25, -0.2) is 0 Å². The number of benzene rings is 2. The molecule has 1 unspecified atom stereocenters. The van der Waals surface area contributed by atoms with Crippen molar-refractivity contribution in [1.29, 1.82) is 0 Å². The Morgan fingerprint density at radius 2 is 1.79 bits per heavy atom. The highest BCUT2D eigenvalue weighted by molar-refractivity contribution is 9.11. The third-order valence-electron chi connectivity index (χ3n) is 2.87. The topological polar surface area (TPSA) is 9.23 Å². The van der Waals surface area contributed by atoms with E-state index in [1.807, 2.05) is 42.5 Å². The van der Waals surface area contributed by atoms with Gasteiger partial charge in [0.15, 0.2) is 0 Å². The van der Waals surface area contributed by atoms with Gasteiger partial charge in [0.2, 0.25) is 0 Å². The van der Waals surface area contributed by atoms with Gasteiger partial charge in [0.05, 0.1) is 12.5 Å². The van der Waals surface area contributed by atoms with Crippen LogP contribution in [0.3, 0.4) is 0 Å². The summed E-state index contributed by atoms with van der Waals surface area (Å²) < 4.78 is 7.21. The SMILES string of the molecule is COc1ccc(CC(Cl)c2cc(Br)ccc2Br)cc1. The number of hydrogen-bond acceptors (Lipinski definition) is 1. The van der Waals surface area contributed by atoms with E-state index < -0.39 is 0 Å². The van der Waals surface area contributed by atoms with Crippen molar-refractivity contribution in [2.75, 3.05) is 7.11 Å². The summed E-state index contributed by atoms with van der Waals surface area (Å²) >= 11 is 13.5. The van der Waals surface area contributed by atoms with Crippen LogP contribution in [0.4, 0.5) is 0 Å². The van der Waals surface area contributed by atoms with Crippen molar-refractivity contribution < 1.29 is 4.74 Å². The van der Waals surface area contributed by atoms with Crippen LogP contribution in [0.5, 0.6) is 5.75 Å². The quantitative estimate of drug-likeness (QED) is 0.590. The van der Waals surface area contributed by atoms with Crippen LogP contribution in [0, 0.1) is 0 Å². The van der Waals surface area contributed by atoms with Crippen LogP contribution in [0.2, 0.25) is 0 Å². The number of alkyl halides is 1. The fourth-order valence-corrected chi connectivity index (χ4v) is 3.23. The molecule has 0 aliphatic heterocycles. The van der Waals surface area contributed by atoms with Gasteiger partial charge in [-0.2, -0.15) is 0 Å². The predicted octanol–water partition coefficient (Wildman–Crippen LogP) is 5.74. The van der Waals surface area contributed by atoms with Gasteiger partial charge >= 0.3 is 0 Å². The molecule has 0 aliphatic rings. The highest BCUT2D eigenvalue weighted by Gasteiger charge is 2.13. The van der Waals surface area contributed by atoms with Crippen molar-refractivity contribution in [3.05, 3.63) is 62.5 Å². The molecule has 100 valence electrons. The van der Waals surface area contributed by atoms with Crippen molar-refractivity contribution in [1.82, 2.24) is 0 Å². The zero-order valence-corrected chi connectivity index (χ0v) is 14.3. The Kier molecular flexibility index (Phi) is 5.31. The molecule has 4 heteroatoms. The molecular weight excluding hydrogens is 391 g/mol. The number of halogens is 3. The first-order valence-corrected chi connectivity index (χ1v) is 7.84. The molecule has 1 atom stereocenters. The predicted molar refractivity (Wildman–Crippen MR) is 87.1 cm³/mol. The van der Waals surface area contributed by atoms with Crippen LogP contribution in [0.1, 0.15) is 16.5 Å². The molecule has 2 rings (SSSR count). The molecule has 0 spiro atoms. The molecule has 1 nitrogen and oxygen atoms in total. The van der Waals surface area contributed by atoms with Crippen molar-refractivity contribution in [3.63, 3.8) is 0 Å². The fourth-order valence-electron chi connectivity index (χ4n) is 1.83. The summed E-state index contributed by atoms with van der Waals surface area (Å²) in [5, 5.41) is -0.0692. The van der Waals surface area contributed by atoms with Crippen LogP contribution in [-0.2, 0) is 6.42 Å². The lowest BCUT2D eigenvalue weighted by Gasteiger charge is -2.13. The molecular formula is C15H13Br2ClO. The van der Waals surface area contributed by atoms with Crippen LogP contribution in [0.25, 0.3) is 0 Å². The average Bonchev–Trinajstić information content (AvgIpc) is 2.42.